The van der Waals surface area contributed by atoms with Crippen LogP contribution in [0.25, 0.3) is 21.9 Å². The van der Waals surface area contributed by atoms with E-state index in [9.17, 15) is 14.4 Å². The molecule has 0 radical (unpaired) electrons. The number of nitrogens with one attached hydrogen (secondary N) is 2. The highest BCUT2D eigenvalue weighted by molar-refractivity contribution is 6.14. The summed E-state index contributed by atoms with van der Waals surface area (Å²) in [4.78, 5) is 53.3. The van der Waals surface area contributed by atoms with Crippen LogP contribution in [0.1, 0.15) is 62.0 Å². The zero-order chi connectivity index (χ0) is 36.9. The second-order valence-corrected chi connectivity index (χ2v) is 11.3. The molecule has 264 valence electrons. The number of pyridine rings is 4. The number of ketones is 1. The average molecular weight is 697 g/mol. The molecule has 2 amide bonds. The third-order valence-corrected chi connectivity index (χ3v) is 8.04. The molecule has 0 spiro atoms. The molecule has 6 heterocycles. The Hall–Kier alpha value is -6.19. The van der Waals surface area contributed by atoms with Gasteiger partial charge in [-0.05, 0) is 56.2 Å². The molecule has 0 aliphatic heterocycles. The van der Waals surface area contributed by atoms with Crippen LogP contribution in [0.2, 0.25) is 0 Å². The van der Waals surface area contributed by atoms with E-state index >= 15 is 0 Å². The normalized spacial score (nSPS) is 11.1. The minimum absolute atomic E-state index is 0.144. The van der Waals surface area contributed by atoms with E-state index in [2.05, 4.69) is 30.6 Å². The van der Waals surface area contributed by atoms with Crippen molar-refractivity contribution >= 4 is 50.9 Å². The van der Waals surface area contributed by atoms with Crippen molar-refractivity contribution in [1.29, 1.82) is 0 Å². The van der Waals surface area contributed by atoms with Gasteiger partial charge in [-0.1, -0.05) is 0 Å². The Morgan fingerprint density at radius 1 is 0.706 bits per heavy atom. The number of rotatable bonds is 10. The number of carbonyl (C=O) groups excluding carboxylic acids is 3. The molecule has 2 N–H and O–H groups in total. The van der Waals surface area contributed by atoms with Crippen molar-refractivity contribution in [3.05, 3.63) is 95.2 Å². The summed E-state index contributed by atoms with van der Waals surface area (Å²) in [5.74, 6) is -1.03. The van der Waals surface area contributed by atoms with Crippen LogP contribution in [-0.4, -0.2) is 66.0 Å². The van der Waals surface area contributed by atoms with Gasteiger partial charge in [-0.15, -0.1) is 0 Å². The van der Waals surface area contributed by atoms with Crippen LogP contribution in [0, 0.1) is 13.8 Å². The summed E-state index contributed by atoms with van der Waals surface area (Å²) in [6.07, 6.45) is 9.38. The summed E-state index contributed by atoms with van der Waals surface area (Å²) >= 11 is 0. The van der Waals surface area contributed by atoms with Crippen LogP contribution < -0.4 is 20.1 Å². The van der Waals surface area contributed by atoms with Crippen molar-refractivity contribution in [2.45, 2.75) is 33.5 Å². The van der Waals surface area contributed by atoms with Crippen molar-refractivity contribution in [2.24, 2.45) is 0 Å². The van der Waals surface area contributed by atoms with Gasteiger partial charge in [-0.25, -0.2) is 9.97 Å². The highest BCUT2D eigenvalue weighted by atomic mass is 16.7. The van der Waals surface area contributed by atoms with Gasteiger partial charge in [-0.3, -0.25) is 24.4 Å². The fourth-order valence-corrected chi connectivity index (χ4v) is 4.94. The van der Waals surface area contributed by atoms with E-state index in [1.54, 1.807) is 49.9 Å². The molecule has 15 nitrogen and oxygen atoms in total. The summed E-state index contributed by atoms with van der Waals surface area (Å²) in [5.41, 5.74) is 4.23. The molecule has 0 saturated carbocycles. The Bertz CT molecular complexity index is 2240. The van der Waals surface area contributed by atoms with Crippen LogP contribution in [0.5, 0.6) is 11.8 Å². The average Bonchev–Trinajstić information content (AvgIpc) is 3.79. The maximum Gasteiger partial charge on any atom is 0.258 e. The quantitative estimate of drug-likeness (QED) is 0.121. The molecule has 0 saturated heterocycles. The van der Waals surface area contributed by atoms with Gasteiger partial charge < -0.3 is 38.4 Å². The van der Waals surface area contributed by atoms with E-state index in [0.29, 0.717) is 44.6 Å². The van der Waals surface area contributed by atoms with Gasteiger partial charge in [0.05, 0.1) is 25.3 Å². The minimum Gasteiger partial charge on any atom is -0.478 e. The first-order valence-corrected chi connectivity index (χ1v) is 15.4. The standard InChI is InChI=1S/C19H21N3O5.C17H15N3O4/c1-11-9-20-7-6-14(11)22-17(23)13-10-21-18(24-3)16-12(13)8-15(27-16)19(2,25-4)26-5;1-9-7-18-5-4-13(9)20-16(22)12-8-19-17(23-3)15-11(12)6-14(24-15)10(2)21/h6-10H,1-5H3,(H,20,22,23);4-8H,1-3H3,(H,18,20,22). The first-order chi connectivity index (χ1) is 24.4. The summed E-state index contributed by atoms with van der Waals surface area (Å²) in [7, 11) is 5.94. The lowest BCUT2D eigenvalue weighted by molar-refractivity contribution is -0.212. The van der Waals surface area contributed by atoms with E-state index in [4.69, 9.17) is 27.8 Å². The number of Topliss-reactive ketones (excluding diaryl/α,β-unsaturated/α-hetero) is 1. The number of anilines is 2. The number of amides is 2. The monoisotopic (exact) mass is 696 g/mol. The van der Waals surface area contributed by atoms with Crippen molar-refractivity contribution in [2.75, 3.05) is 39.1 Å². The van der Waals surface area contributed by atoms with E-state index in [1.807, 2.05) is 13.8 Å². The second kappa shape index (κ2) is 15.1. The fourth-order valence-electron chi connectivity index (χ4n) is 4.94. The van der Waals surface area contributed by atoms with E-state index in [1.165, 1.54) is 53.8 Å². The van der Waals surface area contributed by atoms with Gasteiger partial charge in [0.2, 0.25) is 5.79 Å². The molecule has 0 aromatic carbocycles. The smallest absolute Gasteiger partial charge is 0.258 e. The third kappa shape index (κ3) is 7.39. The van der Waals surface area contributed by atoms with Crippen molar-refractivity contribution < 1.29 is 42.2 Å². The predicted molar refractivity (Wildman–Crippen MR) is 186 cm³/mol. The number of nitrogens with zero attached hydrogens (tertiary/aromatic N) is 4. The predicted octanol–water partition coefficient (Wildman–Crippen LogP) is 6.25. The minimum atomic E-state index is -1.11. The van der Waals surface area contributed by atoms with Crippen molar-refractivity contribution in [3.8, 4) is 11.8 Å². The molecule has 0 aliphatic carbocycles. The van der Waals surface area contributed by atoms with Gasteiger partial charge in [0.15, 0.2) is 28.5 Å². The van der Waals surface area contributed by atoms with Crippen LogP contribution >= 0.6 is 0 Å². The number of carbonyl (C=O) groups is 3. The van der Waals surface area contributed by atoms with E-state index in [-0.39, 0.29) is 40.7 Å². The largest absolute Gasteiger partial charge is 0.478 e. The first-order valence-electron chi connectivity index (χ1n) is 15.4. The Kier molecular flexibility index (Phi) is 10.7. The van der Waals surface area contributed by atoms with Gasteiger partial charge in [0.1, 0.15) is 0 Å². The number of aromatic nitrogens is 4. The van der Waals surface area contributed by atoms with E-state index < -0.39 is 5.79 Å². The van der Waals surface area contributed by atoms with Gasteiger partial charge in [-0.2, -0.15) is 0 Å². The Balaban J connectivity index is 0.000000199. The molecule has 0 atom stereocenters. The second-order valence-electron chi connectivity index (χ2n) is 11.3. The molecular weight excluding hydrogens is 660 g/mol. The summed E-state index contributed by atoms with van der Waals surface area (Å²) in [6.45, 7) is 6.81. The summed E-state index contributed by atoms with van der Waals surface area (Å²) in [5, 5.41) is 6.69. The molecule has 0 aliphatic rings. The number of aryl methyl sites for hydroxylation is 2. The van der Waals surface area contributed by atoms with Crippen molar-refractivity contribution in [1.82, 2.24) is 19.9 Å². The first kappa shape index (κ1) is 36.1. The molecule has 0 fully saturated rings. The van der Waals surface area contributed by atoms with E-state index in [0.717, 1.165) is 11.1 Å². The summed E-state index contributed by atoms with van der Waals surface area (Å²) in [6, 6.07) is 6.66. The number of hydrogen-bond donors (Lipinski definition) is 2. The van der Waals surface area contributed by atoms with Crippen LogP contribution in [-0.2, 0) is 15.3 Å². The lowest BCUT2D eigenvalue weighted by Crippen LogP contribution is -2.25. The molecule has 0 bridgehead atoms. The number of furan rings is 2. The molecular formula is C36H36N6O9. The highest BCUT2D eigenvalue weighted by Gasteiger charge is 2.32. The third-order valence-electron chi connectivity index (χ3n) is 8.04. The number of methoxy groups -OCH3 is 4. The molecule has 6 aromatic heterocycles. The molecule has 51 heavy (non-hydrogen) atoms. The van der Waals surface area contributed by atoms with Crippen LogP contribution in [0.3, 0.4) is 0 Å². The number of ether oxygens (including phenoxy) is 4. The Labute approximate surface area is 292 Å². The SMILES string of the molecule is COc1ncc(C(=O)Nc2ccncc2C)c2cc(C(C)(OC)OC)oc12.COc1ncc(C(=O)Nc2ccncc2C)c2cc(C(C)=O)oc12. The van der Waals surface area contributed by atoms with Gasteiger partial charge in [0, 0.05) is 80.5 Å². The fraction of sp³-hybridized carbons (Fsp3) is 0.250. The lowest BCUT2D eigenvalue weighted by Gasteiger charge is -2.23. The topological polar surface area (TPSA) is 190 Å². The van der Waals surface area contributed by atoms with Gasteiger partial charge >= 0.3 is 0 Å². The lowest BCUT2D eigenvalue weighted by atomic mass is 10.1. The maximum atomic E-state index is 12.9. The Morgan fingerprint density at radius 2 is 1.18 bits per heavy atom. The zero-order valence-corrected chi connectivity index (χ0v) is 29.2. The number of hydrogen-bond acceptors (Lipinski definition) is 13. The Morgan fingerprint density at radius 3 is 1.61 bits per heavy atom. The molecule has 6 rings (SSSR count). The summed E-state index contributed by atoms with van der Waals surface area (Å²) < 4.78 is 32.6. The molecule has 6 aromatic rings. The van der Waals surface area contributed by atoms with Crippen LogP contribution in [0.15, 0.2) is 70.3 Å². The van der Waals surface area contributed by atoms with Crippen LogP contribution in [0.4, 0.5) is 11.4 Å². The van der Waals surface area contributed by atoms with Crippen molar-refractivity contribution in [3.63, 3.8) is 0 Å². The number of fused-ring (bicyclic) bond motifs is 2. The molecule has 0 unspecified atom stereocenters. The zero-order valence-electron chi connectivity index (χ0n) is 29.2. The van der Waals surface area contributed by atoms with Gasteiger partial charge in [0.25, 0.3) is 23.6 Å². The molecule has 15 heteroatoms. The maximum absolute atomic E-state index is 12.9. The highest BCUT2D eigenvalue weighted by Crippen LogP contribution is 2.36.